The maximum Gasteiger partial charge on any atom is 0.254 e. The molecule has 0 radical (unpaired) electrons. The lowest BCUT2D eigenvalue weighted by atomic mass is 10.2. The molecule has 0 aromatic heterocycles. The zero-order valence-corrected chi connectivity index (χ0v) is 15.3. The minimum Gasteiger partial charge on any atom is -0.337 e. The van der Waals surface area contributed by atoms with Crippen molar-refractivity contribution < 1.29 is 4.79 Å². The normalized spacial score (nSPS) is 16.1. The van der Waals surface area contributed by atoms with Crippen LogP contribution in [0.25, 0.3) is 0 Å². The molecule has 1 heterocycles. The van der Waals surface area contributed by atoms with Crippen LogP contribution < -0.4 is 0 Å². The molecule has 1 amide bonds. The Morgan fingerprint density at radius 2 is 1.65 bits per heavy atom. The lowest BCUT2D eigenvalue weighted by Gasteiger charge is -2.22. The van der Waals surface area contributed by atoms with Crippen molar-refractivity contribution in [3.8, 4) is 0 Å². The quantitative estimate of drug-likeness (QED) is 0.709. The number of nitrogens with zero attached hydrogens (tertiary/aromatic N) is 2. The number of benzene rings is 2. The Morgan fingerprint density at radius 3 is 2.43 bits per heavy atom. The Morgan fingerprint density at radius 1 is 0.913 bits per heavy atom. The minimum atomic E-state index is 0.163. The van der Waals surface area contributed by atoms with Gasteiger partial charge in [0.2, 0.25) is 0 Å². The molecule has 23 heavy (non-hydrogen) atoms. The molecule has 0 N–H and O–H groups in total. The molecule has 0 atom stereocenters. The predicted molar refractivity (Wildman–Crippen MR) is 101 cm³/mol. The number of carbonyl (C=O) groups is 1. The standard InChI is InChI=1S/C19H21IN2O/c20-18-10-5-4-9-17(18)19(23)22-12-6-11-21(13-14-22)15-16-7-2-1-3-8-16/h1-5,7-10H,6,11-15H2. The van der Waals surface area contributed by atoms with Crippen LogP contribution in [0.15, 0.2) is 54.6 Å². The number of rotatable bonds is 3. The van der Waals surface area contributed by atoms with Crippen molar-refractivity contribution >= 4 is 28.5 Å². The van der Waals surface area contributed by atoms with Gasteiger partial charge in [0.15, 0.2) is 0 Å². The molecule has 0 bridgehead atoms. The van der Waals surface area contributed by atoms with Crippen molar-refractivity contribution in [3.63, 3.8) is 0 Å². The van der Waals surface area contributed by atoms with Gasteiger partial charge in [-0.25, -0.2) is 0 Å². The first-order chi connectivity index (χ1) is 11.2. The Hall–Kier alpha value is -1.40. The number of hydrogen-bond donors (Lipinski definition) is 0. The fraction of sp³-hybridized carbons (Fsp3) is 0.316. The smallest absolute Gasteiger partial charge is 0.254 e. The number of hydrogen-bond acceptors (Lipinski definition) is 2. The van der Waals surface area contributed by atoms with Crippen LogP contribution in [0.1, 0.15) is 22.3 Å². The van der Waals surface area contributed by atoms with E-state index in [1.165, 1.54) is 5.56 Å². The Labute approximate surface area is 151 Å². The van der Waals surface area contributed by atoms with Crippen molar-refractivity contribution in [1.29, 1.82) is 0 Å². The summed E-state index contributed by atoms with van der Waals surface area (Å²) < 4.78 is 1.03. The lowest BCUT2D eigenvalue weighted by molar-refractivity contribution is 0.0760. The lowest BCUT2D eigenvalue weighted by Crippen LogP contribution is -2.35. The van der Waals surface area contributed by atoms with Gasteiger partial charge >= 0.3 is 0 Å². The van der Waals surface area contributed by atoms with Gasteiger partial charge < -0.3 is 4.90 Å². The SMILES string of the molecule is O=C(c1ccccc1I)N1CCCN(Cc2ccccc2)CC1. The summed E-state index contributed by atoms with van der Waals surface area (Å²) in [6.45, 7) is 4.59. The van der Waals surface area contributed by atoms with Gasteiger partial charge in [0, 0.05) is 36.3 Å². The Kier molecular flexibility index (Phi) is 5.67. The first-order valence-corrected chi connectivity index (χ1v) is 9.12. The third-order valence-corrected chi connectivity index (χ3v) is 5.17. The molecule has 120 valence electrons. The van der Waals surface area contributed by atoms with Gasteiger partial charge in [-0.05, 0) is 46.7 Å². The summed E-state index contributed by atoms with van der Waals surface area (Å²) in [6, 6.07) is 18.4. The highest BCUT2D eigenvalue weighted by Gasteiger charge is 2.21. The zero-order valence-electron chi connectivity index (χ0n) is 13.1. The summed E-state index contributed by atoms with van der Waals surface area (Å²) in [5.41, 5.74) is 2.16. The molecule has 0 saturated carbocycles. The van der Waals surface area contributed by atoms with E-state index in [0.29, 0.717) is 0 Å². The second kappa shape index (κ2) is 7.93. The molecule has 3 rings (SSSR count). The average molecular weight is 420 g/mol. The van der Waals surface area contributed by atoms with Crippen molar-refractivity contribution in [3.05, 3.63) is 69.3 Å². The maximum atomic E-state index is 12.7. The summed E-state index contributed by atoms with van der Waals surface area (Å²) >= 11 is 2.24. The van der Waals surface area contributed by atoms with E-state index >= 15 is 0 Å². The Balaban J connectivity index is 1.62. The monoisotopic (exact) mass is 420 g/mol. The first kappa shape index (κ1) is 16.5. The van der Waals surface area contributed by atoms with E-state index in [1.54, 1.807) is 0 Å². The van der Waals surface area contributed by atoms with Crippen molar-refractivity contribution in [2.45, 2.75) is 13.0 Å². The molecular formula is C19H21IN2O. The van der Waals surface area contributed by atoms with Gasteiger partial charge in [-0.15, -0.1) is 0 Å². The molecule has 1 aliphatic rings. The zero-order chi connectivity index (χ0) is 16.1. The topological polar surface area (TPSA) is 23.6 Å². The average Bonchev–Trinajstić information content (AvgIpc) is 2.81. The fourth-order valence-electron chi connectivity index (χ4n) is 2.98. The van der Waals surface area contributed by atoms with Gasteiger partial charge in [0.25, 0.3) is 5.91 Å². The van der Waals surface area contributed by atoms with E-state index in [-0.39, 0.29) is 5.91 Å². The van der Waals surface area contributed by atoms with E-state index in [4.69, 9.17) is 0 Å². The highest BCUT2D eigenvalue weighted by Crippen LogP contribution is 2.16. The molecule has 0 unspecified atom stereocenters. The first-order valence-electron chi connectivity index (χ1n) is 8.04. The molecule has 3 nitrogen and oxygen atoms in total. The van der Waals surface area contributed by atoms with Gasteiger partial charge in [-0.3, -0.25) is 9.69 Å². The summed E-state index contributed by atoms with van der Waals surface area (Å²) in [6.07, 6.45) is 1.03. The Bertz CT molecular complexity index is 659. The van der Waals surface area contributed by atoms with E-state index < -0.39 is 0 Å². The third-order valence-electron chi connectivity index (χ3n) is 4.23. The van der Waals surface area contributed by atoms with Crippen LogP contribution in [-0.2, 0) is 6.54 Å². The largest absolute Gasteiger partial charge is 0.337 e. The minimum absolute atomic E-state index is 0.163. The summed E-state index contributed by atoms with van der Waals surface area (Å²) in [7, 11) is 0. The van der Waals surface area contributed by atoms with Gasteiger partial charge in [-0.2, -0.15) is 0 Å². The summed E-state index contributed by atoms with van der Waals surface area (Å²) in [4.78, 5) is 17.2. The van der Waals surface area contributed by atoms with Crippen LogP contribution in [0, 0.1) is 3.57 Å². The molecule has 0 aliphatic carbocycles. The maximum absolute atomic E-state index is 12.7. The van der Waals surface area contributed by atoms with Crippen LogP contribution in [-0.4, -0.2) is 41.9 Å². The van der Waals surface area contributed by atoms with E-state index in [1.807, 2.05) is 35.2 Å². The predicted octanol–water partition coefficient (Wildman–Crippen LogP) is 3.64. The van der Waals surface area contributed by atoms with Crippen LogP contribution >= 0.6 is 22.6 Å². The van der Waals surface area contributed by atoms with Crippen LogP contribution in [0.3, 0.4) is 0 Å². The highest BCUT2D eigenvalue weighted by atomic mass is 127. The highest BCUT2D eigenvalue weighted by molar-refractivity contribution is 14.1. The second-order valence-corrected chi connectivity index (χ2v) is 7.05. The van der Waals surface area contributed by atoms with E-state index in [2.05, 4.69) is 51.8 Å². The molecule has 2 aromatic rings. The number of halogens is 1. The van der Waals surface area contributed by atoms with Gasteiger partial charge in [0.05, 0.1) is 5.56 Å². The molecule has 1 aliphatic heterocycles. The van der Waals surface area contributed by atoms with Crippen LogP contribution in [0.5, 0.6) is 0 Å². The molecule has 1 fully saturated rings. The molecule has 0 spiro atoms. The molecule has 2 aromatic carbocycles. The van der Waals surface area contributed by atoms with Gasteiger partial charge in [-0.1, -0.05) is 42.5 Å². The van der Waals surface area contributed by atoms with E-state index in [0.717, 1.165) is 48.3 Å². The van der Waals surface area contributed by atoms with Crippen molar-refractivity contribution in [2.75, 3.05) is 26.2 Å². The molecule has 4 heteroatoms. The number of carbonyl (C=O) groups excluding carboxylic acids is 1. The second-order valence-electron chi connectivity index (χ2n) is 5.89. The molecule has 1 saturated heterocycles. The number of amides is 1. The van der Waals surface area contributed by atoms with Crippen molar-refractivity contribution in [2.24, 2.45) is 0 Å². The van der Waals surface area contributed by atoms with Crippen LogP contribution in [0.4, 0.5) is 0 Å². The van der Waals surface area contributed by atoms with Gasteiger partial charge in [0.1, 0.15) is 0 Å². The van der Waals surface area contributed by atoms with Crippen LogP contribution in [0.2, 0.25) is 0 Å². The van der Waals surface area contributed by atoms with E-state index in [9.17, 15) is 4.79 Å². The molecular weight excluding hydrogens is 399 g/mol. The third kappa shape index (κ3) is 4.32. The van der Waals surface area contributed by atoms with Crippen molar-refractivity contribution in [1.82, 2.24) is 9.80 Å². The fourth-order valence-corrected chi connectivity index (χ4v) is 3.60. The summed E-state index contributed by atoms with van der Waals surface area (Å²) in [5.74, 6) is 0.163. The summed E-state index contributed by atoms with van der Waals surface area (Å²) in [5, 5.41) is 0.